The molecule has 2 unspecified atom stereocenters. The van der Waals surface area contributed by atoms with Crippen molar-refractivity contribution < 1.29 is 42.1 Å². The van der Waals surface area contributed by atoms with Gasteiger partial charge in [-0.2, -0.15) is 0 Å². The van der Waals surface area contributed by atoms with Gasteiger partial charge in [0, 0.05) is 12.8 Å². The molecule has 0 saturated carbocycles. The van der Waals surface area contributed by atoms with Crippen LogP contribution in [0.1, 0.15) is 155 Å². The lowest BCUT2D eigenvalue weighted by Crippen LogP contribution is -2.37. The number of phosphoric ester groups is 1. The first-order valence-electron chi connectivity index (χ1n) is 17.8. The minimum atomic E-state index is -4.35. The summed E-state index contributed by atoms with van der Waals surface area (Å²) in [6.07, 6.45) is 23.5. The Kier molecular flexibility index (Phi) is 27.6. The molecule has 44 heavy (non-hydrogen) atoms. The summed E-state index contributed by atoms with van der Waals surface area (Å²) in [5, 5.41) is 0. The van der Waals surface area contributed by atoms with E-state index in [-0.39, 0.29) is 32.0 Å². The molecule has 0 aliphatic heterocycles. The molecule has 0 aromatic rings. The minimum Gasteiger partial charge on any atom is -0.462 e. The van der Waals surface area contributed by atoms with Crippen molar-refractivity contribution in [1.82, 2.24) is 0 Å². The number of unbranched alkanes of at least 4 members (excludes halogenated alkanes) is 18. The molecule has 0 aromatic heterocycles. The zero-order chi connectivity index (χ0) is 32.9. The normalized spacial score (nSPS) is 13.9. The van der Waals surface area contributed by atoms with Crippen LogP contribution in [0.15, 0.2) is 0 Å². The van der Waals surface area contributed by atoms with Crippen LogP contribution in [-0.2, 0) is 32.7 Å². The third-order valence-corrected chi connectivity index (χ3v) is 8.62. The summed E-state index contributed by atoms with van der Waals surface area (Å²) >= 11 is 0. The van der Waals surface area contributed by atoms with Crippen LogP contribution < -0.4 is 0 Å². The van der Waals surface area contributed by atoms with Crippen LogP contribution in [0.25, 0.3) is 0 Å². The second-order valence-corrected chi connectivity index (χ2v) is 14.7. The number of carbonyl (C=O) groups is 2. The summed E-state index contributed by atoms with van der Waals surface area (Å²) in [4.78, 5) is 34.7. The molecule has 0 rings (SSSR count). The van der Waals surface area contributed by atoms with Crippen molar-refractivity contribution in [3.63, 3.8) is 0 Å². The third kappa shape index (κ3) is 31.0. The Balaban J connectivity index is 4.25. The number of hydrogen-bond donors (Lipinski definition) is 1. The van der Waals surface area contributed by atoms with E-state index in [1.54, 1.807) is 0 Å². The number of carbonyl (C=O) groups excluding carboxylic acids is 2. The molecule has 0 fully saturated rings. The Morgan fingerprint density at radius 1 is 0.614 bits per heavy atom. The Labute approximate surface area is 270 Å². The third-order valence-electron chi connectivity index (χ3n) is 7.64. The molecule has 0 spiro atoms. The van der Waals surface area contributed by atoms with E-state index in [0.717, 1.165) is 38.5 Å². The van der Waals surface area contributed by atoms with Crippen molar-refractivity contribution in [1.29, 1.82) is 0 Å². The van der Waals surface area contributed by atoms with Gasteiger partial charge in [0.05, 0.1) is 27.7 Å². The van der Waals surface area contributed by atoms with E-state index in [9.17, 15) is 19.0 Å². The Morgan fingerprint density at radius 2 is 1.02 bits per heavy atom. The predicted octanol–water partition coefficient (Wildman–Crippen LogP) is 8.90. The molecule has 262 valence electrons. The molecule has 0 bridgehead atoms. The van der Waals surface area contributed by atoms with Gasteiger partial charge in [0.15, 0.2) is 6.10 Å². The van der Waals surface area contributed by atoms with Gasteiger partial charge in [-0.15, -0.1) is 0 Å². The summed E-state index contributed by atoms with van der Waals surface area (Å²) < 4.78 is 33.8. The molecule has 10 heteroatoms. The molecule has 2 atom stereocenters. The number of ether oxygens (including phenoxy) is 2. The van der Waals surface area contributed by atoms with Crippen LogP contribution in [0.5, 0.6) is 0 Å². The lowest BCUT2D eigenvalue weighted by Gasteiger charge is -2.24. The van der Waals surface area contributed by atoms with Gasteiger partial charge in [0.2, 0.25) is 0 Å². The minimum absolute atomic E-state index is 0.0354. The zero-order valence-corrected chi connectivity index (χ0v) is 30.1. The Hall–Kier alpha value is -0.990. The maximum Gasteiger partial charge on any atom is 0.472 e. The van der Waals surface area contributed by atoms with Crippen molar-refractivity contribution in [3.8, 4) is 0 Å². The lowest BCUT2D eigenvalue weighted by molar-refractivity contribution is -0.870. The number of esters is 2. The number of likely N-dealkylation sites (N-methyl/N-ethyl adjacent to an activating group) is 1. The van der Waals surface area contributed by atoms with E-state index in [4.69, 9.17) is 18.5 Å². The maximum atomic E-state index is 12.5. The molecular formula is C34H69NO8P+. The molecule has 9 nitrogen and oxygen atoms in total. The zero-order valence-electron chi connectivity index (χ0n) is 29.2. The SMILES string of the molecule is CCCCCCCCCCCCCCCCCCC(=O)OC(COC(=O)CCCCCC)COP(=O)(O)OCC[N+](C)(C)C. The fraction of sp³-hybridized carbons (Fsp3) is 0.941. The number of quaternary nitrogens is 1. The number of nitrogens with zero attached hydrogens (tertiary/aromatic N) is 1. The van der Waals surface area contributed by atoms with Crippen LogP contribution >= 0.6 is 7.82 Å². The molecule has 0 heterocycles. The molecule has 0 aromatic carbocycles. The van der Waals surface area contributed by atoms with E-state index < -0.39 is 26.5 Å². The van der Waals surface area contributed by atoms with Crippen molar-refractivity contribution >= 4 is 19.8 Å². The van der Waals surface area contributed by atoms with Crippen LogP contribution in [0, 0.1) is 0 Å². The fourth-order valence-corrected chi connectivity index (χ4v) is 5.52. The lowest BCUT2D eigenvalue weighted by atomic mass is 10.0. The highest BCUT2D eigenvalue weighted by Gasteiger charge is 2.27. The van der Waals surface area contributed by atoms with Crippen molar-refractivity contribution in [2.75, 3.05) is 47.5 Å². The van der Waals surface area contributed by atoms with Gasteiger partial charge in [0.1, 0.15) is 19.8 Å². The highest BCUT2D eigenvalue weighted by molar-refractivity contribution is 7.47. The van der Waals surface area contributed by atoms with E-state index in [1.165, 1.54) is 83.5 Å². The number of phosphoric acid groups is 1. The molecule has 1 N–H and O–H groups in total. The van der Waals surface area contributed by atoms with Crippen molar-refractivity contribution in [2.24, 2.45) is 0 Å². The smallest absolute Gasteiger partial charge is 0.462 e. The quantitative estimate of drug-likeness (QED) is 0.0333. The average Bonchev–Trinajstić information content (AvgIpc) is 2.95. The molecule has 0 radical (unpaired) electrons. The highest BCUT2D eigenvalue weighted by Crippen LogP contribution is 2.43. The van der Waals surface area contributed by atoms with Gasteiger partial charge >= 0.3 is 19.8 Å². The van der Waals surface area contributed by atoms with Crippen LogP contribution in [0.3, 0.4) is 0 Å². The van der Waals surface area contributed by atoms with Crippen LogP contribution in [0.4, 0.5) is 0 Å². The summed E-state index contributed by atoms with van der Waals surface area (Å²) in [5.74, 6) is -0.812. The monoisotopic (exact) mass is 650 g/mol. The number of rotatable bonds is 32. The summed E-state index contributed by atoms with van der Waals surface area (Å²) in [7, 11) is 1.48. The highest BCUT2D eigenvalue weighted by atomic mass is 31.2. The average molecular weight is 651 g/mol. The first kappa shape index (κ1) is 43.0. The second kappa shape index (κ2) is 28.3. The van der Waals surface area contributed by atoms with Crippen LogP contribution in [-0.4, -0.2) is 74.9 Å². The van der Waals surface area contributed by atoms with E-state index in [1.807, 2.05) is 21.1 Å². The number of hydrogen-bond acceptors (Lipinski definition) is 7. The van der Waals surface area contributed by atoms with Crippen molar-refractivity contribution in [2.45, 2.75) is 161 Å². The summed E-state index contributed by atoms with van der Waals surface area (Å²) in [6.45, 7) is 4.29. The van der Waals surface area contributed by atoms with Gasteiger partial charge in [-0.05, 0) is 12.8 Å². The van der Waals surface area contributed by atoms with Gasteiger partial charge < -0.3 is 18.9 Å². The van der Waals surface area contributed by atoms with E-state index in [2.05, 4.69) is 13.8 Å². The standard InChI is InChI=1S/C34H68NO8P/c1-6-8-10-12-13-14-15-16-17-18-19-20-21-22-23-25-27-34(37)43-32(30-40-33(36)26-24-11-9-7-2)31-42-44(38,39)41-29-28-35(3,4)5/h32H,6-31H2,1-5H3/p+1. The van der Waals surface area contributed by atoms with Crippen LogP contribution in [0.2, 0.25) is 0 Å². The topological polar surface area (TPSA) is 108 Å². The first-order valence-corrected chi connectivity index (χ1v) is 19.3. The molecular weight excluding hydrogens is 581 g/mol. The Bertz CT molecular complexity index is 743. The Morgan fingerprint density at radius 3 is 1.48 bits per heavy atom. The van der Waals surface area contributed by atoms with Gasteiger partial charge in [0.25, 0.3) is 0 Å². The molecule has 0 aliphatic carbocycles. The largest absolute Gasteiger partial charge is 0.472 e. The summed E-state index contributed by atoms with van der Waals surface area (Å²) in [6, 6.07) is 0. The maximum absolute atomic E-state index is 12.5. The molecule has 0 saturated heterocycles. The second-order valence-electron chi connectivity index (χ2n) is 13.3. The fourth-order valence-electron chi connectivity index (χ4n) is 4.78. The summed E-state index contributed by atoms with van der Waals surface area (Å²) in [5.41, 5.74) is 0. The predicted molar refractivity (Wildman–Crippen MR) is 178 cm³/mol. The molecule has 0 aliphatic rings. The van der Waals surface area contributed by atoms with E-state index >= 15 is 0 Å². The van der Waals surface area contributed by atoms with Gasteiger partial charge in [-0.3, -0.25) is 18.6 Å². The van der Waals surface area contributed by atoms with Crippen molar-refractivity contribution in [3.05, 3.63) is 0 Å². The van der Waals surface area contributed by atoms with Gasteiger partial charge in [-0.1, -0.05) is 129 Å². The van der Waals surface area contributed by atoms with Gasteiger partial charge in [-0.25, -0.2) is 4.57 Å². The van der Waals surface area contributed by atoms with E-state index in [0.29, 0.717) is 17.4 Å². The molecule has 0 amide bonds. The first-order chi connectivity index (χ1) is 21.0.